The number of benzene rings is 2. The van der Waals surface area contributed by atoms with Gasteiger partial charge >= 0.3 is 11.9 Å². The monoisotopic (exact) mass is 628 g/mol. The van der Waals surface area contributed by atoms with Crippen molar-refractivity contribution >= 4 is 29.5 Å². The molecule has 1 unspecified atom stereocenters. The van der Waals surface area contributed by atoms with E-state index >= 15 is 0 Å². The first-order chi connectivity index (χ1) is 21.0. The molecule has 0 saturated heterocycles. The number of ketones is 1. The molecule has 0 fully saturated rings. The Hall–Kier alpha value is -3.48. The molecule has 3 aliphatic heterocycles. The Morgan fingerprint density at radius 3 is 2.57 bits per heavy atom. The van der Waals surface area contributed by atoms with E-state index in [0.717, 1.165) is 27.8 Å². The molecular formula is C32H40N2O9S. The Labute approximate surface area is 261 Å². The number of phenols is 1. The van der Waals surface area contributed by atoms with Gasteiger partial charge in [0.15, 0.2) is 23.0 Å². The van der Waals surface area contributed by atoms with Crippen LogP contribution in [-0.2, 0) is 38.5 Å². The maximum absolute atomic E-state index is 12.7. The van der Waals surface area contributed by atoms with E-state index in [1.165, 1.54) is 18.7 Å². The van der Waals surface area contributed by atoms with Gasteiger partial charge in [-0.15, -0.1) is 0 Å². The van der Waals surface area contributed by atoms with Crippen molar-refractivity contribution in [3.63, 3.8) is 0 Å². The molecule has 2 aromatic carbocycles. The lowest BCUT2D eigenvalue weighted by Gasteiger charge is -2.47. The minimum absolute atomic E-state index is 0.00879. The number of hydrogen-bond donors (Lipinski definition) is 1. The first-order valence-corrected chi connectivity index (χ1v) is 16.0. The summed E-state index contributed by atoms with van der Waals surface area (Å²) < 4.78 is 28.7. The highest BCUT2D eigenvalue weighted by molar-refractivity contribution is 7.99. The predicted molar refractivity (Wildman–Crippen MR) is 164 cm³/mol. The Morgan fingerprint density at radius 1 is 1.16 bits per heavy atom. The molecule has 0 aromatic heterocycles. The minimum atomic E-state index is -0.885. The number of thioether (sulfide) groups is 1. The first-order valence-electron chi connectivity index (χ1n) is 14.6. The third-order valence-electron chi connectivity index (χ3n) is 8.94. The molecule has 3 aliphatic rings. The van der Waals surface area contributed by atoms with Crippen molar-refractivity contribution in [1.82, 2.24) is 9.80 Å². The number of esters is 2. The molecule has 1 N–H and O–H groups in total. The Bertz CT molecular complexity index is 1490. The number of rotatable bonds is 9. The number of likely N-dealkylation sites (N-methyl/N-ethyl adjacent to an activating group) is 1. The largest absolute Gasteiger partial charge is 0.504 e. The van der Waals surface area contributed by atoms with Crippen molar-refractivity contribution in [3.05, 3.63) is 39.4 Å². The van der Waals surface area contributed by atoms with E-state index in [4.69, 9.17) is 23.7 Å². The molecule has 0 saturated carbocycles. The lowest BCUT2D eigenvalue weighted by Crippen LogP contribution is -2.55. The van der Waals surface area contributed by atoms with Gasteiger partial charge in [0.2, 0.25) is 12.6 Å². The molecule has 0 aliphatic carbocycles. The number of nitrogens with zero attached hydrogens (tertiary/aromatic N) is 2. The zero-order chi connectivity index (χ0) is 31.9. The Morgan fingerprint density at radius 2 is 1.89 bits per heavy atom. The summed E-state index contributed by atoms with van der Waals surface area (Å²) in [4.78, 5) is 41.7. The summed E-state index contributed by atoms with van der Waals surface area (Å²) >= 11 is 1.26. The number of hydrogen-bond acceptors (Lipinski definition) is 12. The van der Waals surface area contributed by atoms with Crippen LogP contribution in [0.15, 0.2) is 6.07 Å². The average molecular weight is 629 g/mol. The number of fused-ring (bicyclic) bond motifs is 4. The van der Waals surface area contributed by atoms with Crippen LogP contribution in [0.5, 0.6) is 28.7 Å². The quantitative estimate of drug-likeness (QED) is 0.248. The average Bonchev–Trinajstić information content (AvgIpc) is 3.48. The molecule has 0 spiro atoms. The van der Waals surface area contributed by atoms with Gasteiger partial charge in [-0.3, -0.25) is 19.4 Å². The molecule has 3 atom stereocenters. The van der Waals surface area contributed by atoms with Gasteiger partial charge in [0.05, 0.1) is 18.9 Å². The number of aromatic hydroxyl groups is 1. The molecule has 5 rings (SSSR count). The van der Waals surface area contributed by atoms with Crippen LogP contribution in [0.3, 0.4) is 0 Å². The third kappa shape index (κ3) is 5.70. The van der Waals surface area contributed by atoms with Gasteiger partial charge in [-0.25, -0.2) is 4.79 Å². The maximum atomic E-state index is 12.7. The molecule has 12 heteroatoms. The predicted octanol–water partition coefficient (Wildman–Crippen LogP) is 3.49. The van der Waals surface area contributed by atoms with Crippen molar-refractivity contribution < 1.29 is 43.2 Å². The number of ether oxygens (including phenoxy) is 5. The zero-order valence-corrected chi connectivity index (χ0v) is 27.1. The van der Waals surface area contributed by atoms with Crippen LogP contribution < -0.4 is 18.9 Å². The van der Waals surface area contributed by atoms with E-state index in [9.17, 15) is 19.5 Å². The van der Waals surface area contributed by atoms with Crippen molar-refractivity contribution in [2.24, 2.45) is 0 Å². The second kappa shape index (κ2) is 12.9. The normalized spacial score (nSPS) is 20.0. The van der Waals surface area contributed by atoms with Crippen molar-refractivity contribution in [2.75, 3.05) is 46.1 Å². The summed E-state index contributed by atoms with van der Waals surface area (Å²) in [5.74, 6) is 0.226. The standard InChI is InChI=1S/C32H40N2O9S/c1-16-10-20-11-23(33(5)12-22(20)27(37)28(16)39-6)18(3)34-9-8-21-26(24(34)13-40-32(38)25(36)14-44-7)31-30(41-15-42-31)17(2)29(21)43-19(4)35/h10,18,23-24,37H,8-9,11-15H2,1-7H3/t18-,23?,24-/m0/s1. The summed E-state index contributed by atoms with van der Waals surface area (Å²) in [6, 6.07) is 1.55. The van der Waals surface area contributed by atoms with Crippen LogP contribution in [0.1, 0.15) is 53.3 Å². The molecule has 0 radical (unpaired) electrons. The van der Waals surface area contributed by atoms with Crippen LogP contribution in [0, 0.1) is 13.8 Å². The van der Waals surface area contributed by atoms with Gasteiger partial charge in [-0.05, 0) is 58.0 Å². The van der Waals surface area contributed by atoms with Gasteiger partial charge in [0.1, 0.15) is 12.4 Å². The molecule has 11 nitrogen and oxygen atoms in total. The summed E-state index contributed by atoms with van der Waals surface area (Å²) in [6.07, 6.45) is 2.99. The van der Waals surface area contributed by atoms with Gasteiger partial charge in [-0.1, -0.05) is 6.07 Å². The highest BCUT2D eigenvalue weighted by Gasteiger charge is 2.43. The van der Waals surface area contributed by atoms with E-state index in [0.29, 0.717) is 54.5 Å². The Kier molecular flexibility index (Phi) is 9.33. The van der Waals surface area contributed by atoms with Crippen molar-refractivity contribution in [3.8, 4) is 28.7 Å². The summed E-state index contributed by atoms with van der Waals surface area (Å²) in [7, 11) is 3.59. The fourth-order valence-corrected chi connectivity index (χ4v) is 7.28. The first kappa shape index (κ1) is 31.9. The highest BCUT2D eigenvalue weighted by Crippen LogP contribution is 2.52. The van der Waals surface area contributed by atoms with E-state index < -0.39 is 23.8 Å². The summed E-state index contributed by atoms with van der Waals surface area (Å²) in [5.41, 5.74) is 4.99. The third-order valence-corrected chi connectivity index (χ3v) is 9.49. The molecule has 3 heterocycles. The molecule has 2 aromatic rings. The molecule has 238 valence electrons. The van der Waals surface area contributed by atoms with Crippen LogP contribution in [0.4, 0.5) is 0 Å². The number of Topliss-reactive ketones (excluding diaryl/α,β-unsaturated/α-hetero) is 1. The lowest BCUT2D eigenvalue weighted by atomic mass is 9.84. The topological polar surface area (TPSA) is 124 Å². The minimum Gasteiger partial charge on any atom is -0.504 e. The molecule has 0 amide bonds. The number of carbonyl (C=O) groups excluding carboxylic acids is 3. The number of carbonyl (C=O) groups is 3. The lowest BCUT2D eigenvalue weighted by molar-refractivity contribution is -0.154. The van der Waals surface area contributed by atoms with Crippen LogP contribution in [0.2, 0.25) is 0 Å². The summed E-state index contributed by atoms with van der Waals surface area (Å²) in [5, 5.41) is 11.0. The molecular weight excluding hydrogens is 588 g/mol. The highest BCUT2D eigenvalue weighted by atomic mass is 32.2. The van der Waals surface area contributed by atoms with Crippen LogP contribution in [0.25, 0.3) is 0 Å². The number of aryl methyl sites for hydroxylation is 1. The zero-order valence-electron chi connectivity index (χ0n) is 26.3. The molecule has 0 bridgehead atoms. The van der Waals surface area contributed by atoms with E-state index in [2.05, 4.69) is 22.8 Å². The fourth-order valence-electron chi connectivity index (χ4n) is 6.90. The fraction of sp³-hybridized carbons (Fsp3) is 0.531. The van der Waals surface area contributed by atoms with Gasteiger partial charge in [-0.2, -0.15) is 11.8 Å². The van der Waals surface area contributed by atoms with Gasteiger partial charge in [0.25, 0.3) is 0 Å². The van der Waals surface area contributed by atoms with Gasteiger partial charge in [0, 0.05) is 54.4 Å². The van der Waals surface area contributed by atoms with E-state index in [1.54, 1.807) is 13.4 Å². The Balaban J connectivity index is 1.55. The SMILES string of the molecule is COc1c(C)cc2c(c1O)CN(C)C([C@H](C)N1CCc3c(OC(C)=O)c(C)c4c(c3[C@@H]1COC(=O)C(=O)CSC)OCO4)C2. The second-order valence-electron chi connectivity index (χ2n) is 11.6. The maximum Gasteiger partial charge on any atom is 0.375 e. The molecule has 44 heavy (non-hydrogen) atoms. The van der Waals surface area contributed by atoms with E-state index in [1.807, 2.05) is 20.9 Å². The van der Waals surface area contributed by atoms with Crippen LogP contribution in [-0.4, -0.2) is 90.8 Å². The summed E-state index contributed by atoms with van der Waals surface area (Å²) in [6.45, 7) is 8.27. The van der Waals surface area contributed by atoms with E-state index in [-0.39, 0.29) is 37.0 Å². The van der Waals surface area contributed by atoms with Gasteiger partial charge < -0.3 is 28.8 Å². The number of phenolic OH excluding ortho intramolecular Hbond substituents is 1. The second-order valence-corrected chi connectivity index (χ2v) is 12.5. The van der Waals surface area contributed by atoms with Crippen molar-refractivity contribution in [2.45, 2.75) is 65.2 Å². The smallest absolute Gasteiger partial charge is 0.375 e. The van der Waals surface area contributed by atoms with Crippen molar-refractivity contribution in [1.29, 1.82) is 0 Å². The van der Waals surface area contributed by atoms with Crippen LogP contribution >= 0.6 is 11.8 Å². The number of methoxy groups -OCH3 is 1.